The minimum Gasteiger partial charge on any atom is -0.369 e. The number of nitrogens with one attached hydrogen (secondary N) is 2. The van der Waals surface area contributed by atoms with Crippen LogP contribution in [0.1, 0.15) is 35.7 Å². The van der Waals surface area contributed by atoms with Gasteiger partial charge in [0.05, 0.1) is 16.6 Å². The van der Waals surface area contributed by atoms with E-state index in [1.54, 1.807) is 18.3 Å². The van der Waals surface area contributed by atoms with Gasteiger partial charge < -0.3 is 15.5 Å². The number of aromatic nitrogens is 1. The van der Waals surface area contributed by atoms with E-state index in [0.717, 1.165) is 30.8 Å². The molecule has 2 aromatic rings. The number of fused-ring (bicyclic) bond motifs is 2. The van der Waals surface area contributed by atoms with Crippen molar-refractivity contribution in [3.8, 4) is 11.1 Å². The fourth-order valence-electron chi connectivity index (χ4n) is 4.31. The number of carbonyl (C=O) groups excluding carboxylic acids is 2. The molecule has 0 atom stereocenters. The Morgan fingerprint density at radius 2 is 2.07 bits per heavy atom. The molecule has 5 rings (SSSR count). The van der Waals surface area contributed by atoms with Crippen molar-refractivity contribution in [2.75, 3.05) is 25.0 Å². The van der Waals surface area contributed by atoms with Gasteiger partial charge >= 0.3 is 0 Å². The zero-order valence-corrected chi connectivity index (χ0v) is 16.6. The van der Waals surface area contributed by atoms with Gasteiger partial charge in [0, 0.05) is 54.9 Å². The van der Waals surface area contributed by atoms with Crippen LogP contribution < -0.4 is 10.6 Å². The molecule has 8 heteroatoms. The van der Waals surface area contributed by atoms with Crippen molar-refractivity contribution in [1.29, 1.82) is 0 Å². The molecule has 1 saturated carbocycles. The Bertz CT molecular complexity index is 1050. The smallest absolute Gasteiger partial charge is 0.256 e. The van der Waals surface area contributed by atoms with Gasteiger partial charge in [-0.3, -0.25) is 9.59 Å². The van der Waals surface area contributed by atoms with Crippen molar-refractivity contribution in [2.24, 2.45) is 0 Å². The Labute approximate surface area is 172 Å². The van der Waals surface area contributed by atoms with Crippen LogP contribution in [0.15, 0.2) is 24.4 Å². The van der Waals surface area contributed by atoms with Crippen LogP contribution >= 0.6 is 11.6 Å². The minimum atomic E-state index is -0.597. The van der Waals surface area contributed by atoms with Crippen LogP contribution in [0.2, 0.25) is 5.02 Å². The number of hydrogen-bond donors (Lipinski definition) is 2. The van der Waals surface area contributed by atoms with E-state index in [9.17, 15) is 9.59 Å². The first-order valence-electron chi connectivity index (χ1n) is 9.68. The summed E-state index contributed by atoms with van der Waals surface area (Å²) in [6.07, 6.45) is 3.66. The van der Waals surface area contributed by atoms with E-state index in [1.165, 1.54) is 17.9 Å². The summed E-state index contributed by atoms with van der Waals surface area (Å²) in [5, 5.41) is 6.55. The maximum absolute atomic E-state index is 15.4. The van der Waals surface area contributed by atoms with Crippen molar-refractivity contribution in [3.05, 3.63) is 46.4 Å². The van der Waals surface area contributed by atoms with Crippen LogP contribution in [-0.2, 0) is 10.2 Å². The van der Waals surface area contributed by atoms with E-state index in [4.69, 9.17) is 11.6 Å². The number of rotatable bonds is 3. The third-order valence-electron chi connectivity index (χ3n) is 6.09. The van der Waals surface area contributed by atoms with Crippen LogP contribution in [0.5, 0.6) is 0 Å². The molecule has 29 heavy (non-hydrogen) atoms. The zero-order valence-electron chi connectivity index (χ0n) is 15.9. The fourth-order valence-corrected chi connectivity index (χ4v) is 4.75. The maximum atomic E-state index is 15.4. The summed E-state index contributed by atoms with van der Waals surface area (Å²) < 4.78 is 15.4. The highest BCUT2D eigenvalue weighted by Crippen LogP contribution is 2.57. The lowest BCUT2D eigenvalue weighted by atomic mass is 9.95. The van der Waals surface area contributed by atoms with E-state index in [2.05, 4.69) is 15.6 Å². The number of halogens is 2. The normalized spacial score (nSPS) is 18.8. The first-order chi connectivity index (χ1) is 13.9. The van der Waals surface area contributed by atoms with E-state index < -0.39 is 11.7 Å². The van der Waals surface area contributed by atoms with Crippen LogP contribution in [0.4, 0.5) is 10.2 Å². The number of benzene rings is 1. The summed E-state index contributed by atoms with van der Waals surface area (Å²) in [6, 6.07) is 4.68. The lowest BCUT2D eigenvalue weighted by Gasteiger charge is -2.39. The van der Waals surface area contributed by atoms with Crippen LogP contribution in [0, 0.1) is 5.82 Å². The highest BCUT2D eigenvalue weighted by atomic mass is 35.5. The molecule has 1 aromatic heterocycles. The molecule has 2 N–H and O–H groups in total. The van der Waals surface area contributed by atoms with Gasteiger partial charge in [0.25, 0.3) is 5.91 Å². The lowest BCUT2D eigenvalue weighted by molar-refractivity contribution is -0.120. The average Bonchev–Trinajstić information content (AvgIpc) is 3.33. The molecule has 0 radical (unpaired) electrons. The summed E-state index contributed by atoms with van der Waals surface area (Å²) in [7, 11) is 0. The molecule has 1 spiro atoms. The Morgan fingerprint density at radius 3 is 2.76 bits per heavy atom. The predicted octanol–water partition coefficient (Wildman–Crippen LogP) is 2.96. The first kappa shape index (κ1) is 18.4. The van der Waals surface area contributed by atoms with Crippen molar-refractivity contribution < 1.29 is 14.0 Å². The Morgan fingerprint density at radius 1 is 1.31 bits per heavy atom. The number of carbonyl (C=O) groups is 2. The van der Waals surface area contributed by atoms with E-state index in [0.29, 0.717) is 23.7 Å². The molecule has 0 unspecified atom stereocenters. The molecular formula is C21H20ClFN4O2. The second-order valence-corrected chi connectivity index (χ2v) is 8.50. The predicted molar refractivity (Wildman–Crippen MR) is 108 cm³/mol. The summed E-state index contributed by atoms with van der Waals surface area (Å²) in [6.45, 7) is 2.99. The summed E-state index contributed by atoms with van der Waals surface area (Å²) in [5.74, 6) is -0.359. The van der Waals surface area contributed by atoms with Gasteiger partial charge in [0.1, 0.15) is 11.6 Å². The molecule has 6 nitrogen and oxygen atoms in total. The summed E-state index contributed by atoms with van der Waals surface area (Å²) in [5.41, 5.74) is 1.77. The van der Waals surface area contributed by atoms with Crippen LogP contribution in [0.3, 0.4) is 0 Å². The van der Waals surface area contributed by atoms with Gasteiger partial charge in [0.2, 0.25) is 5.91 Å². The van der Waals surface area contributed by atoms with Crippen molar-refractivity contribution in [3.63, 3.8) is 0 Å². The van der Waals surface area contributed by atoms with E-state index in [-0.39, 0.29) is 28.5 Å². The SMILES string of the molecule is CC(=O)NC1CN(C(=O)c2cccc(-c3cnc4c(c3Cl)C3(CC3)CN4)c2F)C1. The number of anilines is 1. The Kier molecular flexibility index (Phi) is 4.07. The molecule has 3 aliphatic rings. The molecular weight excluding hydrogens is 395 g/mol. The van der Waals surface area contributed by atoms with E-state index in [1.807, 2.05) is 0 Å². The van der Waals surface area contributed by atoms with Gasteiger partial charge in [0.15, 0.2) is 0 Å². The molecule has 2 amide bonds. The summed E-state index contributed by atoms with van der Waals surface area (Å²) >= 11 is 6.70. The molecule has 1 saturated heterocycles. The largest absolute Gasteiger partial charge is 0.369 e. The Balaban J connectivity index is 1.45. The third kappa shape index (κ3) is 2.87. The highest BCUT2D eigenvalue weighted by molar-refractivity contribution is 6.34. The fraction of sp³-hybridized carbons (Fsp3) is 0.381. The second kappa shape index (κ2) is 6.42. The molecule has 1 aliphatic carbocycles. The van der Waals surface area contributed by atoms with Gasteiger partial charge in [-0.25, -0.2) is 9.37 Å². The Hall–Kier alpha value is -2.67. The van der Waals surface area contributed by atoms with Gasteiger partial charge in [-0.05, 0) is 18.9 Å². The summed E-state index contributed by atoms with van der Waals surface area (Å²) in [4.78, 5) is 29.8. The van der Waals surface area contributed by atoms with Crippen molar-refractivity contribution >= 4 is 29.2 Å². The number of pyridine rings is 1. The monoisotopic (exact) mass is 414 g/mol. The van der Waals surface area contributed by atoms with Crippen molar-refractivity contribution in [2.45, 2.75) is 31.2 Å². The average molecular weight is 415 g/mol. The van der Waals surface area contributed by atoms with Gasteiger partial charge in [-0.15, -0.1) is 0 Å². The van der Waals surface area contributed by atoms with E-state index >= 15 is 4.39 Å². The minimum absolute atomic E-state index is 0.000370. The molecule has 2 aliphatic heterocycles. The third-order valence-corrected chi connectivity index (χ3v) is 6.48. The zero-order chi connectivity index (χ0) is 20.3. The second-order valence-electron chi connectivity index (χ2n) is 8.12. The lowest BCUT2D eigenvalue weighted by Crippen LogP contribution is -2.60. The number of amides is 2. The molecule has 2 fully saturated rings. The number of likely N-dealkylation sites (tertiary alicyclic amines) is 1. The quantitative estimate of drug-likeness (QED) is 0.809. The molecule has 1 aromatic carbocycles. The molecule has 0 bridgehead atoms. The van der Waals surface area contributed by atoms with Crippen molar-refractivity contribution in [1.82, 2.24) is 15.2 Å². The standard InChI is InChI=1S/C21H20ClFN4O2/c1-11(28)26-12-8-27(9-12)20(29)14-4-2-3-13(18(14)23)15-7-24-19-16(17(15)22)21(5-6-21)10-25-19/h2-4,7,12H,5-6,8-10H2,1H3,(H,24,25)(H,26,28). The number of hydrogen-bond acceptors (Lipinski definition) is 4. The molecule has 150 valence electrons. The molecule has 3 heterocycles. The first-order valence-corrected chi connectivity index (χ1v) is 10.1. The topological polar surface area (TPSA) is 74.3 Å². The van der Waals surface area contributed by atoms with Crippen LogP contribution in [-0.4, -0.2) is 47.4 Å². The van der Waals surface area contributed by atoms with Gasteiger partial charge in [-0.1, -0.05) is 23.7 Å². The highest BCUT2D eigenvalue weighted by Gasteiger charge is 2.51. The van der Waals surface area contributed by atoms with Crippen LogP contribution in [0.25, 0.3) is 11.1 Å². The number of nitrogens with zero attached hydrogens (tertiary/aromatic N) is 2. The van der Waals surface area contributed by atoms with Gasteiger partial charge in [-0.2, -0.15) is 0 Å². The maximum Gasteiger partial charge on any atom is 0.256 e.